The van der Waals surface area contributed by atoms with Gasteiger partial charge in [-0.25, -0.2) is 0 Å². The number of carbonyl (C=O) groups is 2. The van der Waals surface area contributed by atoms with Crippen LogP contribution in [0.5, 0.6) is 17.2 Å². The van der Waals surface area contributed by atoms with Crippen molar-refractivity contribution < 1.29 is 23.8 Å². The first kappa shape index (κ1) is 23.3. The summed E-state index contributed by atoms with van der Waals surface area (Å²) in [4.78, 5) is 29.0. The van der Waals surface area contributed by atoms with Gasteiger partial charge in [-0.15, -0.1) is 0 Å². The number of hydrogen-bond acceptors (Lipinski definition) is 6. The third-order valence-corrected chi connectivity index (χ3v) is 5.73. The Balaban J connectivity index is 1.77. The van der Waals surface area contributed by atoms with Gasteiger partial charge >= 0.3 is 0 Å². The monoisotopic (exact) mass is 457 g/mol. The van der Waals surface area contributed by atoms with E-state index in [9.17, 15) is 9.59 Å². The van der Waals surface area contributed by atoms with Crippen molar-refractivity contribution in [1.82, 2.24) is 9.80 Å². The minimum Gasteiger partial charge on any atom is -0.497 e. The Morgan fingerprint density at radius 1 is 1.03 bits per heavy atom. The molecule has 1 N–H and O–H groups in total. The van der Waals surface area contributed by atoms with E-state index in [2.05, 4.69) is 5.32 Å². The van der Waals surface area contributed by atoms with Gasteiger partial charge in [0.15, 0.2) is 16.6 Å². The average molecular weight is 458 g/mol. The highest BCUT2D eigenvalue weighted by atomic mass is 32.1. The van der Waals surface area contributed by atoms with Crippen LogP contribution in [0.2, 0.25) is 0 Å². The molecule has 8 nitrogen and oxygen atoms in total. The molecule has 1 fully saturated rings. The van der Waals surface area contributed by atoms with E-state index in [0.29, 0.717) is 41.1 Å². The quantitative estimate of drug-likeness (QED) is 0.580. The number of nitrogens with one attached hydrogen (secondary N) is 1. The van der Waals surface area contributed by atoms with Crippen molar-refractivity contribution in [3.8, 4) is 17.2 Å². The number of rotatable bonds is 9. The number of likely N-dealkylation sites (N-methyl/N-ethyl adjacent to an activating group) is 1. The van der Waals surface area contributed by atoms with Crippen molar-refractivity contribution in [3.63, 3.8) is 0 Å². The largest absolute Gasteiger partial charge is 0.497 e. The van der Waals surface area contributed by atoms with Gasteiger partial charge in [0.2, 0.25) is 5.91 Å². The molecule has 0 saturated carbocycles. The molecule has 1 heterocycles. The van der Waals surface area contributed by atoms with Crippen LogP contribution in [0.3, 0.4) is 0 Å². The second-order valence-corrected chi connectivity index (χ2v) is 7.54. The summed E-state index contributed by atoms with van der Waals surface area (Å²) in [6.07, 6.45) is -0.0191. The zero-order valence-corrected chi connectivity index (χ0v) is 19.4. The normalized spacial score (nSPS) is 15.7. The van der Waals surface area contributed by atoms with Crippen molar-refractivity contribution in [1.29, 1.82) is 0 Å². The van der Waals surface area contributed by atoms with E-state index in [-0.39, 0.29) is 18.2 Å². The van der Waals surface area contributed by atoms with Gasteiger partial charge in [0.1, 0.15) is 11.8 Å². The molecule has 3 rings (SSSR count). The summed E-state index contributed by atoms with van der Waals surface area (Å²) in [7, 11) is 4.72. The summed E-state index contributed by atoms with van der Waals surface area (Å²) < 4.78 is 15.8. The summed E-state index contributed by atoms with van der Waals surface area (Å²) in [5.41, 5.74) is 1.51. The Labute approximate surface area is 193 Å². The molecule has 0 unspecified atom stereocenters. The molecule has 2 aromatic rings. The lowest BCUT2D eigenvalue weighted by molar-refractivity contribution is -0.130. The van der Waals surface area contributed by atoms with Gasteiger partial charge < -0.3 is 24.4 Å². The zero-order chi connectivity index (χ0) is 23.3. The summed E-state index contributed by atoms with van der Waals surface area (Å²) in [5.74, 6) is 1.44. The number of thiocarbonyl (C=S) groups is 1. The van der Waals surface area contributed by atoms with Crippen molar-refractivity contribution >= 4 is 34.8 Å². The Hall–Kier alpha value is -3.33. The Morgan fingerprint density at radius 3 is 2.31 bits per heavy atom. The molecule has 2 aromatic carbocycles. The van der Waals surface area contributed by atoms with Crippen LogP contribution in [-0.4, -0.2) is 60.6 Å². The second kappa shape index (κ2) is 10.3. The minimum atomic E-state index is -0.686. The van der Waals surface area contributed by atoms with Crippen LogP contribution < -0.4 is 19.5 Å². The van der Waals surface area contributed by atoms with E-state index in [0.717, 1.165) is 5.56 Å². The van der Waals surface area contributed by atoms with Crippen molar-refractivity contribution in [3.05, 3.63) is 48.0 Å². The van der Waals surface area contributed by atoms with Crippen LogP contribution in [0.25, 0.3) is 0 Å². The first-order valence-corrected chi connectivity index (χ1v) is 10.6. The lowest BCUT2D eigenvalue weighted by atomic mass is 10.1. The number of hydrogen-bond donors (Lipinski definition) is 1. The first-order valence-electron chi connectivity index (χ1n) is 10.2. The summed E-state index contributed by atoms with van der Waals surface area (Å²) in [6.45, 7) is 2.66. The van der Waals surface area contributed by atoms with E-state index in [4.69, 9.17) is 26.4 Å². The molecule has 32 heavy (non-hydrogen) atoms. The number of nitrogens with zero attached hydrogens (tertiary/aromatic N) is 2. The van der Waals surface area contributed by atoms with Gasteiger partial charge in [-0.05, 0) is 61.1 Å². The van der Waals surface area contributed by atoms with Crippen molar-refractivity contribution in [2.24, 2.45) is 0 Å². The molecule has 9 heteroatoms. The fourth-order valence-corrected chi connectivity index (χ4v) is 4.01. The first-order chi connectivity index (χ1) is 15.4. The number of amides is 2. The van der Waals surface area contributed by atoms with Gasteiger partial charge in [-0.1, -0.05) is 6.07 Å². The molecule has 2 amide bonds. The molecule has 0 aromatic heterocycles. The van der Waals surface area contributed by atoms with Crippen LogP contribution in [0.4, 0.5) is 5.69 Å². The van der Waals surface area contributed by atoms with Crippen molar-refractivity contribution in [2.75, 3.05) is 33.2 Å². The van der Waals surface area contributed by atoms with E-state index in [1.165, 1.54) is 4.90 Å². The van der Waals surface area contributed by atoms with Crippen molar-refractivity contribution in [2.45, 2.75) is 25.9 Å². The van der Waals surface area contributed by atoms with Crippen LogP contribution in [0.15, 0.2) is 42.5 Å². The molecule has 0 radical (unpaired) electrons. The summed E-state index contributed by atoms with van der Waals surface area (Å²) in [6, 6.07) is 11.9. The minimum absolute atomic E-state index is 0.0191. The topological polar surface area (TPSA) is 80.3 Å². The predicted molar refractivity (Wildman–Crippen MR) is 125 cm³/mol. The third-order valence-electron chi connectivity index (χ3n) is 5.27. The highest BCUT2D eigenvalue weighted by molar-refractivity contribution is 7.80. The number of ether oxygens (including phenoxy) is 3. The number of methoxy groups -OCH3 is 3. The maximum absolute atomic E-state index is 13.0. The van der Waals surface area contributed by atoms with Crippen LogP contribution in [0.1, 0.15) is 18.9 Å². The summed E-state index contributed by atoms with van der Waals surface area (Å²) >= 11 is 5.56. The molecule has 0 bridgehead atoms. The Morgan fingerprint density at radius 2 is 1.72 bits per heavy atom. The lowest BCUT2D eigenvalue weighted by Gasteiger charge is -2.24. The van der Waals surface area contributed by atoms with E-state index in [1.54, 1.807) is 56.6 Å². The molecule has 0 spiro atoms. The Bertz CT molecular complexity index is 996. The van der Waals surface area contributed by atoms with Gasteiger partial charge in [-0.2, -0.15) is 0 Å². The molecule has 1 atom stereocenters. The van der Waals surface area contributed by atoms with Gasteiger partial charge in [0.25, 0.3) is 5.91 Å². The second-order valence-electron chi connectivity index (χ2n) is 7.18. The fourth-order valence-electron chi connectivity index (χ4n) is 3.60. The summed E-state index contributed by atoms with van der Waals surface area (Å²) in [5, 5.41) is 3.25. The molecular formula is C23H27N3O5S. The van der Waals surface area contributed by atoms with E-state index in [1.807, 2.05) is 19.1 Å². The lowest BCUT2D eigenvalue weighted by Crippen LogP contribution is -2.37. The van der Waals surface area contributed by atoms with E-state index >= 15 is 0 Å². The molecule has 1 aliphatic heterocycles. The van der Waals surface area contributed by atoms with Gasteiger partial charge in [-0.3, -0.25) is 14.5 Å². The van der Waals surface area contributed by atoms with Gasteiger partial charge in [0.05, 0.1) is 27.8 Å². The predicted octanol–water partition coefficient (Wildman–Crippen LogP) is 3.06. The van der Waals surface area contributed by atoms with Gasteiger partial charge in [0, 0.05) is 18.8 Å². The highest BCUT2D eigenvalue weighted by Gasteiger charge is 2.42. The molecule has 1 saturated heterocycles. The molecule has 170 valence electrons. The number of anilines is 1. The smallest absolute Gasteiger partial charge is 0.252 e. The SMILES string of the molecule is CCN1C(=O)[C@@H](CC(=O)Nc2ccc(OC)cc2)N(Cc2ccc(OC)c(OC)c2)C1=S. The standard InChI is InChI=1S/C23H27N3O5S/c1-5-25-22(28)18(13-21(27)24-16-7-9-17(29-2)10-8-16)26(23(25)32)14-15-6-11-19(30-3)20(12-15)31-4/h6-12,18H,5,13-14H2,1-4H3,(H,24,27)/t18-/m1/s1. The third kappa shape index (κ3) is 4.94. The zero-order valence-electron chi connectivity index (χ0n) is 18.6. The highest BCUT2D eigenvalue weighted by Crippen LogP contribution is 2.30. The Kier molecular flexibility index (Phi) is 7.53. The number of carbonyl (C=O) groups excluding carboxylic acids is 2. The van der Waals surface area contributed by atoms with Crippen LogP contribution in [0, 0.1) is 0 Å². The van der Waals surface area contributed by atoms with Crippen LogP contribution in [-0.2, 0) is 16.1 Å². The average Bonchev–Trinajstić information content (AvgIpc) is 3.02. The fraction of sp³-hybridized carbons (Fsp3) is 0.348. The maximum atomic E-state index is 13.0. The van der Waals surface area contributed by atoms with Crippen LogP contribution >= 0.6 is 12.2 Å². The maximum Gasteiger partial charge on any atom is 0.252 e. The molecular weight excluding hydrogens is 430 g/mol. The van der Waals surface area contributed by atoms with E-state index < -0.39 is 6.04 Å². The number of benzene rings is 2. The molecule has 1 aliphatic rings. The molecule has 0 aliphatic carbocycles.